The molecule has 5 nitrogen and oxygen atoms in total. The monoisotopic (exact) mass is 264 g/mol. The first kappa shape index (κ1) is 15.1. The lowest BCUT2D eigenvalue weighted by Crippen LogP contribution is -2.25. The molecule has 1 aromatic carbocycles. The molecule has 0 unspecified atom stereocenters. The largest absolute Gasteiger partial charge is 0.371 e. The van der Waals surface area contributed by atoms with Gasteiger partial charge < -0.3 is 4.90 Å². The molecule has 1 aromatic rings. The van der Waals surface area contributed by atoms with E-state index in [4.69, 9.17) is 0 Å². The third-order valence-electron chi connectivity index (χ3n) is 2.91. The molecule has 0 atom stereocenters. The highest BCUT2D eigenvalue weighted by atomic mass is 16.6. The van der Waals surface area contributed by atoms with Gasteiger partial charge in [0, 0.05) is 24.8 Å². The van der Waals surface area contributed by atoms with E-state index in [2.05, 4.69) is 18.7 Å². The summed E-state index contributed by atoms with van der Waals surface area (Å²) >= 11 is 0. The minimum absolute atomic E-state index is 0.109. The van der Waals surface area contributed by atoms with Crippen molar-refractivity contribution in [1.82, 2.24) is 0 Å². The predicted molar refractivity (Wildman–Crippen MR) is 75.9 cm³/mol. The third-order valence-corrected chi connectivity index (χ3v) is 2.91. The van der Waals surface area contributed by atoms with Crippen LogP contribution in [0, 0.1) is 10.1 Å². The maximum atomic E-state index is 11.4. The Hall–Kier alpha value is -1.91. The Bertz CT molecular complexity index is 466. The van der Waals surface area contributed by atoms with Gasteiger partial charge in [0.1, 0.15) is 0 Å². The number of ketones is 1. The molecule has 19 heavy (non-hydrogen) atoms. The van der Waals surface area contributed by atoms with Crippen LogP contribution in [0.1, 0.15) is 44.0 Å². The van der Waals surface area contributed by atoms with E-state index in [1.165, 1.54) is 13.0 Å². The first-order chi connectivity index (χ1) is 9.01. The summed E-state index contributed by atoms with van der Waals surface area (Å²) in [5, 5.41) is 11.1. The van der Waals surface area contributed by atoms with E-state index in [1.807, 2.05) is 0 Å². The summed E-state index contributed by atoms with van der Waals surface area (Å²) in [6.45, 7) is 7.19. The number of carbonyl (C=O) groups excluding carboxylic acids is 1. The molecule has 0 bridgehead atoms. The van der Waals surface area contributed by atoms with Crippen LogP contribution in [0.4, 0.5) is 11.4 Å². The molecule has 0 aliphatic carbocycles. The van der Waals surface area contributed by atoms with E-state index >= 15 is 0 Å². The second-order valence-electron chi connectivity index (χ2n) is 4.50. The molecule has 0 radical (unpaired) electrons. The Morgan fingerprint density at radius 1 is 1.26 bits per heavy atom. The van der Waals surface area contributed by atoms with Gasteiger partial charge in [-0.1, -0.05) is 13.8 Å². The SMILES string of the molecule is CCCN(CCC)c1ccc(C(C)=O)c([N+](=O)[O-])c1. The minimum atomic E-state index is -0.490. The molecule has 0 saturated carbocycles. The second-order valence-corrected chi connectivity index (χ2v) is 4.50. The molecule has 0 aliphatic heterocycles. The topological polar surface area (TPSA) is 63.5 Å². The lowest BCUT2D eigenvalue weighted by atomic mass is 10.1. The van der Waals surface area contributed by atoms with Gasteiger partial charge in [-0.05, 0) is 31.9 Å². The van der Waals surface area contributed by atoms with Crippen LogP contribution in [0.3, 0.4) is 0 Å². The standard InChI is InChI=1S/C14H20N2O3/c1-4-8-15(9-5-2)12-6-7-13(11(3)17)14(10-12)16(18)19/h6-7,10H,4-5,8-9H2,1-3H3. The Kier molecular flexibility index (Phi) is 5.48. The Morgan fingerprint density at radius 2 is 1.84 bits per heavy atom. The number of nitro benzene ring substituents is 1. The number of anilines is 1. The lowest BCUT2D eigenvalue weighted by Gasteiger charge is -2.23. The fourth-order valence-corrected chi connectivity index (χ4v) is 2.08. The third kappa shape index (κ3) is 3.77. The number of carbonyl (C=O) groups is 1. The van der Waals surface area contributed by atoms with Gasteiger partial charge in [-0.2, -0.15) is 0 Å². The molecule has 0 aromatic heterocycles. The van der Waals surface area contributed by atoms with Gasteiger partial charge in [0.2, 0.25) is 0 Å². The zero-order valence-electron chi connectivity index (χ0n) is 11.7. The highest BCUT2D eigenvalue weighted by Crippen LogP contribution is 2.26. The molecular weight excluding hydrogens is 244 g/mol. The van der Waals surface area contributed by atoms with Gasteiger partial charge in [-0.3, -0.25) is 14.9 Å². The van der Waals surface area contributed by atoms with Crippen molar-refractivity contribution in [3.63, 3.8) is 0 Å². The van der Waals surface area contributed by atoms with Gasteiger partial charge in [-0.15, -0.1) is 0 Å². The molecule has 0 saturated heterocycles. The number of nitro groups is 1. The van der Waals surface area contributed by atoms with Crippen LogP contribution in [0.25, 0.3) is 0 Å². The van der Waals surface area contributed by atoms with Crippen LogP contribution in [0.2, 0.25) is 0 Å². The number of rotatable bonds is 7. The lowest BCUT2D eigenvalue weighted by molar-refractivity contribution is -0.385. The van der Waals surface area contributed by atoms with Crippen molar-refractivity contribution in [2.45, 2.75) is 33.6 Å². The normalized spacial score (nSPS) is 10.3. The van der Waals surface area contributed by atoms with E-state index in [0.29, 0.717) is 0 Å². The molecule has 0 spiro atoms. The van der Waals surface area contributed by atoms with E-state index in [0.717, 1.165) is 31.6 Å². The fraction of sp³-hybridized carbons (Fsp3) is 0.500. The highest BCUT2D eigenvalue weighted by molar-refractivity contribution is 5.98. The van der Waals surface area contributed by atoms with Crippen LogP contribution >= 0.6 is 0 Å². The van der Waals surface area contributed by atoms with Crippen molar-refractivity contribution in [3.8, 4) is 0 Å². The summed E-state index contributed by atoms with van der Waals surface area (Å²) in [4.78, 5) is 24.1. The van der Waals surface area contributed by atoms with Gasteiger partial charge in [0.15, 0.2) is 5.78 Å². The Labute approximate surface area is 113 Å². The number of benzene rings is 1. The zero-order valence-corrected chi connectivity index (χ0v) is 11.7. The van der Waals surface area contributed by atoms with Gasteiger partial charge >= 0.3 is 0 Å². The smallest absolute Gasteiger partial charge is 0.282 e. The number of Topliss-reactive ketones (excluding diaryl/α,β-unsaturated/α-hetero) is 1. The summed E-state index contributed by atoms with van der Waals surface area (Å²) in [7, 11) is 0. The van der Waals surface area contributed by atoms with E-state index in [9.17, 15) is 14.9 Å². The summed E-state index contributed by atoms with van der Waals surface area (Å²) in [5.74, 6) is -0.282. The molecule has 104 valence electrons. The van der Waals surface area contributed by atoms with Gasteiger partial charge in [0.25, 0.3) is 5.69 Å². The van der Waals surface area contributed by atoms with Crippen molar-refractivity contribution in [2.24, 2.45) is 0 Å². The van der Waals surface area contributed by atoms with E-state index in [1.54, 1.807) is 12.1 Å². The molecule has 0 heterocycles. The van der Waals surface area contributed by atoms with Crippen molar-refractivity contribution in [3.05, 3.63) is 33.9 Å². The van der Waals surface area contributed by atoms with Crippen molar-refractivity contribution in [1.29, 1.82) is 0 Å². The molecular formula is C14H20N2O3. The molecule has 0 N–H and O–H groups in total. The quantitative estimate of drug-likeness (QED) is 0.430. The van der Waals surface area contributed by atoms with Crippen LogP contribution in [-0.2, 0) is 0 Å². The summed E-state index contributed by atoms with van der Waals surface area (Å²) in [5.41, 5.74) is 0.865. The minimum Gasteiger partial charge on any atom is -0.371 e. The first-order valence-electron chi connectivity index (χ1n) is 6.55. The van der Waals surface area contributed by atoms with Crippen LogP contribution in [0.15, 0.2) is 18.2 Å². The van der Waals surface area contributed by atoms with E-state index in [-0.39, 0.29) is 17.0 Å². The maximum Gasteiger partial charge on any atom is 0.282 e. The van der Waals surface area contributed by atoms with Crippen molar-refractivity contribution in [2.75, 3.05) is 18.0 Å². The van der Waals surface area contributed by atoms with Crippen LogP contribution in [-0.4, -0.2) is 23.8 Å². The first-order valence-corrected chi connectivity index (χ1v) is 6.55. The van der Waals surface area contributed by atoms with Gasteiger partial charge in [0.05, 0.1) is 10.5 Å². The van der Waals surface area contributed by atoms with E-state index < -0.39 is 4.92 Å². The van der Waals surface area contributed by atoms with Crippen molar-refractivity contribution < 1.29 is 9.72 Å². The average molecular weight is 264 g/mol. The highest BCUT2D eigenvalue weighted by Gasteiger charge is 2.19. The molecule has 0 aliphatic rings. The zero-order chi connectivity index (χ0) is 14.4. The Balaban J connectivity index is 3.19. The molecule has 5 heteroatoms. The number of nitrogens with zero attached hydrogens (tertiary/aromatic N) is 2. The molecule has 0 amide bonds. The van der Waals surface area contributed by atoms with Crippen LogP contribution < -0.4 is 4.90 Å². The number of hydrogen-bond acceptors (Lipinski definition) is 4. The summed E-state index contributed by atoms with van der Waals surface area (Å²) < 4.78 is 0. The summed E-state index contributed by atoms with van der Waals surface area (Å²) in [6, 6.07) is 4.84. The fourth-order valence-electron chi connectivity index (χ4n) is 2.08. The molecule has 1 rings (SSSR count). The van der Waals surface area contributed by atoms with Gasteiger partial charge in [-0.25, -0.2) is 0 Å². The predicted octanol–water partition coefficient (Wildman–Crippen LogP) is 3.42. The second kappa shape index (κ2) is 6.87. The van der Waals surface area contributed by atoms with Crippen LogP contribution in [0.5, 0.6) is 0 Å². The van der Waals surface area contributed by atoms with Crippen molar-refractivity contribution >= 4 is 17.2 Å². The number of hydrogen-bond donors (Lipinski definition) is 0. The Morgan fingerprint density at radius 3 is 2.26 bits per heavy atom. The molecule has 0 fully saturated rings. The average Bonchev–Trinajstić information content (AvgIpc) is 2.37. The summed E-state index contributed by atoms with van der Waals surface area (Å²) in [6.07, 6.45) is 1.95. The maximum absolute atomic E-state index is 11.4.